The summed E-state index contributed by atoms with van der Waals surface area (Å²) in [5.74, 6) is 0.237. The first-order chi connectivity index (χ1) is 10.1. The van der Waals surface area contributed by atoms with Crippen molar-refractivity contribution in [1.82, 2.24) is 20.2 Å². The zero-order valence-corrected chi connectivity index (χ0v) is 11.7. The number of hydrogen-bond acceptors (Lipinski definition) is 4. The maximum absolute atomic E-state index is 13.7. The van der Waals surface area contributed by atoms with Crippen LogP contribution in [-0.4, -0.2) is 20.2 Å². The van der Waals surface area contributed by atoms with E-state index in [1.807, 2.05) is 25.1 Å². The largest absolute Gasteiger partial charge is 0.399 e. The summed E-state index contributed by atoms with van der Waals surface area (Å²) < 4.78 is 15.3. The minimum atomic E-state index is -0.293. The van der Waals surface area contributed by atoms with Gasteiger partial charge in [0.05, 0.1) is 5.69 Å². The molecule has 6 heteroatoms. The number of aromatic nitrogens is 4. The quantitative estimate of drug-likeness (QED) is 0.734. The van der Waals surface area contributed by atoms with Gasteiger partial charge in [-0.15, -0.1) is 5.10 Å². The first-order valence-electron chi connectivity index (χ1n) is 6.47. The lowest BCUT2D eigenvalue weighted by Crippen LogP contribution is -2.02. The van der Waals surface area contributed by atoms with Gasteiger partial charge in [-0.2, -0.15) is 4.68 Å². The Morgan fingerprint density at radius 1 is 1.05 bits per heavy atom. The van der Waals surface area contributed by atoms with Crippen molar-refractivity contribution in [2.45, 2.75) is 13.8 Å². The highest BCUT2D eigenvalue weighted by molar-refractivity contribution is 5.66. The van der Waals surface area contributed by atoms with Crippen molar-refractivity contribution in [1.29, 1.82) is 0 Å². The van der Waals surface area contributed by atoms with Crippen LogP contribution in [0.1, 0.15) is 11.1 Å². The summed E-state index contributed by atoms with van der Waals surface area (Å²) in [6.07, 6.45) is 0. The number of nitrogens with zero attached hydrogens (tertiary/aromatic N) is 4. The van der Waals surface area contributed by atoms with Crippen molar-refractivity contribution in [3.05, 3.63) is 53.3 Å². The highest BCUT2D eigenvalue weighted by Gasteiger charge is 2.14. The molecule has 21 heavy (non-hydrogen) atoms. The highest BCUT2D eigenvalue weighted by Crippen LogP contribution is 2.25. The van der Waals surface area contributed by atoms with E-state index in [2.05, 4.69) is 15.5 Å². The molecule has 0 saturated carbocycles. The molecular weight excluding hydrogens is 269 g/mol. The van der Waals surface area contributed by atoms with E-state index in [9.17, 15) is 4.39 Å². The number of aryl methyl sites for hydroxylation is 2. The van der Waals surface area contributed by atoms with Crippen molar-refractivity contribution in [2.24, 2.45) is 0 Å². The summed E-state index contributed by atoms with van der Waals surface area (Å²) in [6, 6.07) is 10.4. The minimum Gasteiger partial charge on any atom is -0.399 e. The summed E-state index contributed by atoms with van der Waals surface area (Å²) in [5.41, 5.74) is 9.41. The highest BCUT2D eigenvalue weighted by atomic mass is 19.1. The van der Waals surface area contributed by atoms with Crippen LogP contribution in [0.2, 0.25) is 0 Å². The summed E-state index contributed by atoms with van der Waals surface area (Å²) in [5, 5.41) is 11.7. The SMILES string of the molecule is Cc1ccc(-n2nnnc2-c2cc(N)ccc2C)cc1F. The Morgan fingerprint density at radius 3 is 2.57 bits per heavy atom. The number of rotatable bonds is 2. The van der Waals surface area contributed by atoms with Gasteiger partial charge >= 0.3 is 0 Å². The molecule has 0 aliphatic carbocycles. The zero-order chi connectivity index (χ0) is 15.0. The van der Waals surface area contributed by atoms with Crippen LogP contribution in [0.3, 0.4) is 0 Å². The molecule has 1 heterocycles. The number of nitrogens with two attached hydrogens (primary N) is 1. The molecule has 5 nitrogen and oxygen atoms in total. The maximum Gasteiger partial charge on any atom is 0.187 e. The van der Waals surface area contributed by atoms with Crippen LogP contribution in [0.15, 0.2) is 36.4 Å². The van der Waals surface area contributed by atoms with E-state index in [4.69, 9.17) is 5.73 Å². The normalized spacial score (nSPS) is 10.8. The van der Waals surface area contributed by atoms with E-state index < -0.39 is 0 Å². The number of anilines is 1. The third kappa shape index (κ3) is 2.35. The third-order valence-electron chi connectivity index (χ3n) is 3.37. The van der Waals surface area contributed by atoms with Crippen LogP contribution < -0.4 is 5.73 Å². The first kappa shape index (κ1) is 13.2. The summed E-state index contributed by atoms with van der Waals surface area (Å²) in [4.78, 5) is 0. The van der Waals surface area contributed by atoms with Gasteiger partial charge in [-0.1, -0.05) is 12.1 Å². The van der Waals surface area contributed by atoms with Gasteiger partial charge in [0.1, 0.15) is 5.82 Å². The molecule has 0 aliphatic rings. The molecule has 0 bridgehead atoms. The second kappa shape index (κ2) is 4.97. The standard InChI is InChI=1S/C15H14FN5/c1-9-3-5-11(17)7-13(9)15-18-19-20-21(15)12-6-4-10(2)14(16)8-12/h3-8H,17H2,1-2H3. The minimum absolute atomic E-state index is 0.293. The molecule has 1 aromatic heterocycles. The number of tetrazole rings is 1. The maximum atomic E-state index is 13.7. The molecule has 3 aromatic rings. The van der Waals surface area contributed by atoms with Gasteiger partial charge in [-0.25, -0.2) is 4.39 Å². The van der Waals surface area contributed by atoms with Crippen molar-refractivity contribution < 1.29 is 4.39 Å². The van der Waals surface area contributed by atoms with Crippen LogP contribution in [0.5, 0.6) is 0 Å². The van der Waals surface area contributed by atoms with Crippen molar-refractivity contribution in [3.63, 3.8) is 0 Å². The van der Waals surface area contributed by atoms with E-state index in [1.165, 1.54) is 10.7 Å². The Kier molecular flexibility index (Phi) is 3.13. The van der Waals surface area contributed by atoms with Gasteiger partial charge in [-0.3, -0.25) is 0 Å². The number of hydrogen-bond donors (Lipinski definition) is 1. The second-order valence-electron chi connectivity index (χ2n) is 4.92. The van der Waals surface area contributed by atoms with Gasteiger partial charge in [0.25, 0.3) is 0 Å². The molecule has 0 amide bonds. The lowest BCUT2D eigenvalue weighted by Gasteiger charge is -2.08. The lowest BCUT2D eigenvalue weighted by atomic mass is 10.1. The van der Waals surface area contributed by atoms with Crippen LogP contribution in [0, 0.1) is 19.7 Å². The van der Waals surface area contributed by atoms with Gasteiger partial charge in [-0.05, 0) is 59.7 Å². The summed E-state index contributed by atoms with van der Waals surface area (Å²) in [6.45, 7) is 3.66. The summed E-state index contributed by atoms with van der Waals surface area (Å²) >= 11 is 0. The Hall–Kier alpha value is -2.76. The van der Waals surface area contributed by atoms with Crippen LogP contribution >= 0.6 is 0 Å². The van der Waals surface area contributed by atoms with Crippen LogP contribution in [-0.2, 0) is 0 Å². The molecule has 0 spiro atoms. The van der Waals surface area contributed by atoms with E-state index in [-0.39, 0.29) is 5.82 Å². The molecule has 106 valence electrons. The van der Waals surface area contributed by atoms with E-state index >= 15 is 0 Å². The van der Waals surface area contributed by atoms with Crippen molar-refractivity contribution >= 4 is 5.69 Å². The monoisotopic (exact) mass is 283 g/mol. The average molecular weight is 283 g/mol. The predicted molar refractivity (Wildman–Crippen MR) is 78.4 cm³/mol. The summed E-state index contributed by atoms with van der Waals surface area (Å²) in [7, 11) is 0. The Morgan fingerprint density at radius 2 is 1.81 bits per heavy atom. The fourth-order valence-corrected chi connectivity index (χ4v) is 2.12. The number of nitrogen functional groups attached to an aromatic ring is 1. The van der Waals surface area contributed by atoms with Crippen LogP contribution in [0.4, 0.5) is 10.1 Å². The average Bonchev–Trinajstić information content (AvgIpc) is 2.93. The van der Waals surface area contributed by atoms with Crippen molar-refractivity contribution in [3.8, 4) is 17.1 Å². The molecule has 2 aromatic carbocycles. The molecule has 0 radical (unpaired) electrons. The topological polar surface area (TPSA) is 69.6 Å². The molecule has 0 unspecified atom stereocenters. The molecular formula is C15H14FN5. The van der Waals surface area contributed by atoms with Gasteiger partial charge in [0.15, 0.2) is 5.82 Å². The van der Waals surface area contributed by atoms with Gasteiger partial charge in [0.2, 0.25) is 0 Å². The number of halogens is 1. The predicted octanol–water partition coefficient (Wildman–Crippen LogP) is 2.67. The van der Waals surface area contributed by atoms with Crippen molar-refractivity contribution in [2.75, 3.05) is 5.73 Å². The molecule has 2 N–H and O–H groups in total. The molecule has 0 fully saturated rings. The van der Waals surface area contributed by atoms with Gasteiger partial charge < -0.3 is 5.73 Å². The fourth-order valence-electron chi connectivity index (χ4n) is 2.12. The second-order valence-corrected chi connectivity index (χ2v) is 4.92. The Bertz CT molecular complexity index is 810. The van der Waals surface area contributed by atoms with E-state index in [0.29, 0.717) is 22.8 Å². The zero-order valence-electron chi connectivity index (χ0n) is 11.7. The molecule has 0 saturated heterocycles. The Balaban J connectivity index is 2.17. The molecule has 0 atom stereocenters. The lowest BCUT2D eigenvalue weighted by molar-refractivity contribution is 0.615. The van der Waals surface area contributed by atoms with Crippen LogP contribution in [0.25, 0.3) is 17.1 Å². The number of benzene rings is 2. The van der Waals surface area contributed by atoms with E-state index in [0.717, 1.165) is 11.1 Å². The van der Waals surface area contributed by atoms with Gasteiger partial charge in [0, 0.05) is 11.3 Å². The first-order valence-corrected chi connectivity index (χ1v) is 6.47. The Labute approximate surface area is 121 Å². The molecule has 0 aliphatic heterocycles. The molecule has 3 rings (SSSR count). The van der Waals surface area contributed by atoms with E-state index in [1.54, 1.807) is 19.1 Å². The fraction of sp³-hybridized carbons (Fsp3) is 0.133. The smallest absolute Gasteiger partial charge is 0.187 e. The third-order valence-corrected chi connectivity index (χ3v) is 3.37.